The lowest BCUT2D eigenvalue weighted by Crippen LogP contribution is -2.70. The van der Waals surface area contributed by atoms with Gasteiger partial charge in [-0.1, -0.05) is 13.0 Å². The molecule has 5 nitrogen and oxygen atoms in total. The fourth-order valence-corrected chi connectivity index (χ4v) is 6.80. The fourth-order valence-electron chi connectivity index (χ4n) is 6.80. The predicted octanol–water partition coefficient (Wildman–Crippen LogP) is 1.60. The molecule has 0 aromatic rings. The number of hydrogen-bond acceptors (Lipinski definition) is 5. The van der Waals surface area contributed by atoms with E-state index in [0.29, 0.717) is 6.42 Å². The topological polar surface area (TPSA) is 94.8 Å². The van der Waals surface area contributed by atoms with E-state index < -0.39 is 64.4 Å². The smallest absolute Gasteiger partial charge is 0.190 e. The molecule has 0 aromatic heterocycles. The number of allylic oxidation sites excluding steroid dienone is 4. The molecule has 0 bridgehead atoms. The first-order chi connectivity index (χ1) is 13.0. The van der Waals surface area contributed by atoms with Gasteiger partial charge in [-0.2, -0.15) is 0 Å². The van der Waals surface area contributed by atoms with Crippen LogP contribution in [0.1, 0.15) is 39.5 Å². The van der Waals surface area contributed by atoms with E-state index in [1.165, 1.54) is 19.1 Å². The number of aliphatic hydroxyl groups is 3. The second-order valence-corrected chi connectivity index (χ2v) is 9.34. The molecular formula is C21H26F2O5. The van der Waals surface area contributed by atoms with Crippen LogP contribution in [0.2, 0.25) is 0 Å². The monoisotopic (exact) mass is 396 g/mol. The van der Waals surface area contributed by atoms with E-state index in [1.54, 1.807) is 6.92 Å². The number of carbonyl (C=O) groups is 2. The van der Waals surface area contributed by atoms with Crippen molar-refractivity contribution < 1.29 is 33.7 Å². The average Bonchev–Trinajstić information content (AvgIpc) is 2.91. The highest BCUT2D eigenvalue weighted by Crippen LogP contribution is 2.69. The zero-order valence-corrected chi connectivity index (χ0v) is 16.0. The van der Waals surface area contributed by atoms with Crippen LogP contribution in [-0.2, 0) is 9.59 Å². The molecule has 3 saturated carbocycles. The number of carbonyl (C=O) groups excluding carboxylic acids is 2. The van der Waals surface area contributed by atoms with Gasteiger partial charge in [-0.3, -0.25) is 9.59 Å². The molecule has 0 spiro atoms. The van der Waals surface area contributed by atoms with Gasteiger partial charge in [0.1, 0.15) is 18.4 Å². The number of hydrogen-bond donors (Lipinski definition) is 3. The maximum Gasteiger partial charge on any atom is 0.190 e. The standard InChI is InChI=1S/C21H26F2O5/c1-18-5-3-11(25)7-14(18)15(22)8-13-12-4-6-20(28,17(27)10-24)19(12,2)9-16(26)21(13,18)23/h3,5,7,12-13,15-16,24,26,28H,4,6,8-10H2,1-2H3/t12-,13-,15-,16-,18-,19-,20-,21-/m0/s1. The molecule has 28 heavy (non-hydrogen) atoms. The normalized spacial score (nSPS) is 52.5. The van der Waals surface area contributed by atoms with Gasteiger partial charge >= 0.3 is 0 Å². The maximum atomic E-state index is 16.7. The van der Waals surface area contributed by atoms with Crippen LogP contribution in [-0.4, -0.2) is 57.0 Å². The molecule has 0 amide bonds. The van der Waals surface area contributed by atoms with E-state index in [1.807, 2.05) is 0 Å². The van der Waals surface area contributed by atoms with Crippen LogP contribution in [0.4, 0.5) is 8.78 Å². The summed E-state index contributed by atoms with van der Waals surface area (Å²) in [7, 11) is 0. The van der Waals surface area contributed by atoms with Gasteiger partial charge in [-0.05, 0) is 56.3 Å². The molecule has 0 radical (unpaired) electrons. The lowest BCUT2D eigenvalue weighted by atomic mass is 9.44. The van der Waals surface area contributed by atoms with Crippen LogP contribution in [0.5, 0.6) is 0 Å². The molecule has 0 unspecified atom stereocenters. The third kappa shape index (κ3) is 2.05. The molecule has 4 rings (SSSR count). The summed E-state index contributed by atoms with van der Waals surface area (Å²) in [5, 5.41) is 31.4. The summed E-state index contributed by atoms with van der Waals surface area (Å²) in [5.41, 5.74) is -6.71. The number of aliphatic hydroxyl groups excluding tert-OH is 2. The Bertz CT molecular complexity index is 809. The summed E-state index contributed by atoms with van der Waals surface area (Å²) in [6.45, 7) is 2.29. The van der Waals surface area contributed by atoms with Crippen LogP contribution in [0.15, 0.2) is 23.8 Å². The highest BCUT2D eigenvalue weighted by atomic mass is 19.1. The minimum atomic E-state index is -2.23. The second kappa shape index (κ2) is 5.80. The van der Waals surface area contributed by atoms with Crippen molar-refractivity contribution in [3.8, 4) is 0 Å². The predicted molar refractivity (Wildman–Crippen MR) is 95.7 cm³/mol. The van der Waals surface area contributed by atoms with E-state index in [2.05, 4.69) is 0 Å². The Hall–Kier alpha value is -1.44. The quantitative estimate of drug-likeness (QED) is 0.659. The molecule has 154 valence electrons. The highest BCUT2D eigenvalue weighted by Gasteiger charge is 2.75. The van der Waals surface area contributed by atoms with Crippen molar-refractivity contribution in [3.05, 3.63) is 23.8 Å². The molecule has 0 saturated heterocycles. The van der Waals surface area contributed by atoms with Gasteiger partial charge < -0.3 is 15.3 Å². The van der Waals surface area contributed by atoms with E-state index in [4.69, 9.17) is 0 Å². The van der Waals surface area contributed by atoms with Crippen molar-refractivity contribution in [1.82, 2.24) is 0 Å². The Kier molecular flexibility index (Phi) is 4.11. The Morgan fingerprint density at radius 2 is 2.00 bits per heavy atom. The zero-order chi connectivity index (χ0) is 20.7. The third-order valence-electron chi connectivity index (χ3n) is 8.39. The first-order valence-corrected chi connectivity index (χ1v) is 9.78. The Labute approximate surface area is 162 Å². The molecule has 3 fully saturated rings. The molecule has 0 aliphatic heterocycles. The van der Waals surface area contributed by atoms with Crippen molar-refractivity contribution in [2.75, 3.05) is 6.61 Å². The molecule has 0 heterocycles. The largest absolute Gasteiger partial charge is 0.390 e. The van der Waals surface area contributed by atoms with Gasteiger partial charge in [0.25, 0.3) is 0 Å². The Morgan fingerprint density at radius 1 is 1.32 bits per heavy atom. The summed E-state index contributed by atoms with van der Waals surface area (Å²) in [6.07, 6.45) is 0.509. The molecule has 4 aliphatic carbocycles. The maximum absolute atomic E-state index is 16.7. The number of ketones is 2. The van der Waals surface area contributed by atoms with Gasteiger partial charge in [0.05, 0.1) is 6.10 Å². The molecule has 0 aromatic carbocycles. The minimum Gasteiger partial charge on any atom is -0.390 e. The van der Waals surface area contributed by atoms with Gasteiger partial charge in [-0.15, -0.1) is 0 Å². The Balaban J connectivity index is 1.84. The molecule has 3 N–H and O–H groups in total. The lowest BCUT2D eigenvalue weighted by Gasteiger charge is -2.63. The van der Waals surface area contributed by atoms with Crippen molar-refractivity contribution in [3.63, 3.8) is 0 Å². The molecular weight excluding hydrogens is 370 g/mol. The molecule has 4 aliphatic rings. The van der Waals surface area contributed by atoms with Crippen molar-refractivity contribution in [1.29, 1.82) is 0 Å². The summed E-state index contributed by atoms with van der Waals surface area (Å²) >= 11 is 0. The van der Waals surface area contributed by atoms with Crippen LogP contribution in [0.25, 0.3) is 0 Å². The SMILES string of the molecule is C[C@]12C=CC(=O)C=C1[C@@H](F)C[C@H]1[C@@H]3CC[C@](O)(C(=O)CO)[C@@]3(C)C[C@H](O)[C@@]12F. The Morgan fingerprint density at radius 3 is 2.64 bits per heavy atom. The fraction of sp³-hybridized carbons (Fsp3) is 0.714. The number of halogens is 2. The van der Waals surface area contributed by atoms with Crippen molar-refractivity contribution >= 4 is 11.6 Å². The van der Waals surface area contributed by atoms with Crippen LogP contribution < -0.4 is 0 Å². The number of alkyl halides is 2. The van der Waals surface area contributed by atoms with Crippen LogP contribution >= 0.6 is 0 Å². The summed E-state index contributed by atoms with van der Waals surface area (Å²) in [5.74, 6) is -2.63. The summed E-state index contributed by atoms with van der Waals surface area (Å²) in [6, 6.07) is 0. The average molecular weight is 396 g/mol. The highest BCUT2D eigenvalue weighted by molar-refractivity contribution is 6.01. The minimum absolute atomic E-state index is 0.0392. The van der Waals surface area contributed by atoms with Crippen molar-refractivity contribution in [2.24, 2.45) is 22.7 Å². The van der Waals surface area contributed by atoms with E-state index in [-0.39, 0.29) is 24.8 Å². The van der Waals surface area contributed by atoms with Gasteiger partial charge in [0.2, 0.25) is 0 Å². The summed E-state index contributed by atoms with van der Waals surface area (Å²) < 4.78 is 31.9. The van der Waals surface area contributed by atoms with Crippen LogP contribution in [0.3, 0.4) is 0 Å². The number of fused-ring (bicyclic) bond motifs is 5. The first-order valence-electron chi connectivity index (χ1n) is 9.78. The van der Waals surface area contributed by atoms with Gasteiger partial charge in [0.15, 0.2) is 17.2 Å². The van der Waals surface area contributed by atoms with E-state index in [0.717, 1.165) is 6.08 Å². The first kappa shape index (κ1) is 19.9. The van der Waals surface area contributed by atoms with Gasteiger partial charge in [0, 0.05) is 16.7 Å². The number of rotatable bonds is 2. The van der Waals surface area contributed by atoms with Crippen LogP contribution in [0, 0.1) is 22.7 Å². The van der Waals surface area contributed by atoms with E-state index in [9.17, 15) is 24.9 Å². The molecule has 8 atom stereocenters. The number of Topliss-reactive ketones (excluding diaryl/α,β-unsaturated/α-hetero) is 1. The molecule has 7 heteroatoms. The third-order valence-corrected chi connectivity index (χ3v) is 8.39. The zero-order valence-electron chi connectivity index (χ0n) is 16.0. The lowest BCUT2D eigenvalue weighted by molar-refractivity contribution is -0.221. The van der Waals surface area contributed by atoms with Crippen molar-refractivity contribution in [2.45, 2.75) is 63.1 Å². The van der Waals surface area contributed by atoms with E-state index >= 15 is 8.78 Å². The van der Waals surface area contributed by atoms with Gasteiger partial charge in [-0.25, -0.2) is 8.78 Å². The second-order valence-electron chi connectivity index (χ2n) is 9.34. The summed E-state index contributed by atoms with van der Waals surface area (Å²) in [4.78, 5) is 24.1.